The smallest absolute Gasteiger partial charge is 0.232 e. The van der Waals surface area contributed by atoms with Gasteiger partial charge in [0.05, 0.1) is 16.3 Å². The van der Waals surface area contributed by atoms with Gasteiger partial charge in [-0.15, -0.1) is 0 Å². The van der Waals surface area contributed by atoms with E-state index in [2.05, 4.69) is 15.9 Å². The van der Waals surface area contributed by atoms with Crippen LogP contribution >= 0.6 is 15.9 Å². The molecule has 4 heteroatoms. The average molecular weight is 283 g/mol. The number of furan rings is 1. The monoisotopic (exact) mass is 282 g/mol. The van der Waals surface area contributed by atoms with Gasteiger partial charge in [-0.2, -0.15) is 0 Å². The summed E-state index contributed by atoms with van der Waals surface area (Å²) in [7, 11) is 0. The van der Waals surface area contributed by atoms with E-state index in [4.69, 9.17) is 4.42 Å². The van der Waals surface area contributed by atoms with Gasteiger partial charge in [0.25, 0.3) is 0 Å². The molecule has 1 aromatic heterocycles. The normalized spacial score (nSPS) is 10.4. The second-order valence-electron chi connectivity index (χ2n) is 3.36. The Hall–Kier alpha value is -1.42. The Balaban J connectivity index is 2.50. The van der Waals surface area contributed by atoms with E-state index < -0.39 is 11.6 Å². The first-order valence-electron chi connectivity index (χ1n) is 4.64. The molecule has 0 fully saturated rings. The second-order valence-corrected chi connectivity index (χ2v) is 4.22. The molecule has 2 rings (SSSR count). The molecule has 0 radical (unpaired) electrons. The van der Waals surface area contributed by atoms with Crippen molar-refractivity contribution >= 4 is 21.7 Å². The molecule has 2 aromatic rings. The molecule has 0 aliphatic carbocycles. The van der Waals surface area contributed by atoms with E-state index in [0.717, 1.165) is 0 Å². The van der Waals surface area contributed by atoms with Crippen molar-refractivity contribution in [2.24, 2.45) is 0 Å². The number of carbonyl (C=O) groups excluding carboxylic acids is 1. The van der Waals surface area contributed by atoms with Gasteiger partial charge in [-0.1, -0.05) is 12.1 Å². The van der Waals surface area contributed by atoms with Crippen LogP contribution in [0, 0.1) is 12.7 Å². The molecular weight excluding hydrogens is 275 g/mol. The highest BCUT2D eigenvalue weighted by molar-refractivity contribution is 9.10. The Kier molecular flexibility index (Phi) is 2.92. The van der Waals surface area contributed by atoms with Crippen LogP contribution in [0.5, 0.6) is 0 Å². The molecule has 0 bridgehead atoms. The van der Waals surface area contributed by atoms with Crippen molar-refractivity contribution < 1.29 is 13.6 Å². The molecule has 82 valence electrons. The first kappa shape index (κ1) is 11.1. The van der Waals surface area contributed by atoms with E-state index in [9.17, 15) is 9.18 Å². The zero-order valence-electron chi connectivity index (χ0n) is 8.46. The Bertz CT molecular complexity index is 546. The van der Waals surface area contributed by atoms with E-state index in [-0.39, 0.29) is 11.3 Å². The fourth-order valence-electron chi connectivity index (χ4n) is 1.40. The molecule has 16 heavy (non-hydrogen) atoms. The molecule has 0 aliphatic rings. The van der Waals surface area contributed by atoms with Gasteiger partial charge in [-0.05, 0) is 40.5 Å². The van der Waals surface area contributed by atoms with Gasteiger partial charge in [0.2, 0.25) is 5.78 Å². The Morgan fingerprint density at radius 1 is 1.38 bits per heavy atom. The van der Waals surface area contributed by atoms with Crippen LogP contribution in [0.3, 0.4) is 0 Å². The number of benzene rings is 1. The van der Waals surface area contributed by atoms with Crippen molar-refractivity contribution in [1.29, 1.82) is 0 Å². The maximum absolute atomic E-state index is 13.7. The predicted octanol–water partition coefficient (Wildman–Crippen LogP) is 3.72. The minimum atomic E-state index is -0.504. The fourth-order valence-corrected chi connectivity index (χ4v) is 1.78. The van der Waals surface area contributed by atoms with E-state index in [1.165, 1.54) is 12.3 Å². The Morgan fingerprint density at radius 3 is 2.75 bits per heavy atom. The summed E-state index contributed by atoms with van der Waals surface area (Å²) in [5.41, 5.74) is 0.462. The molecule has 0 unspecified atom stereocenters. The zero-order valence-corrected chi connectivity index (χ0v) is 10.0. The predicted molar refractivity (Wildman–Crippen MR) is 61.0 cm³/mol. The molecule has 1 aromatic carbocycles. The molecule has 0 saturated carbocycles. The van der Waals surface area contributed by atoms with Crippen LogP contribution in [0.25, 0.3) is 0 Å². The van der Waals surface area contributed by atoms with Gasteiger partial charge < -0.3 is 4.42 Å². The van der Waals surface area contributed by atoms with E-state index in [1.807, 2.05) is 0 Å². The van der Waals surface area contributed by atoms with Crippen LogP contribution < -0.4 is 0 Å². The minimum absolute atomic E-state index is 0.0238. The molecule has 1 heterocycles. The van der Waals surface area contributed by atoms with Gasteiger partial charge >= 0.3 is 0 Å². The molecule has 0 atom stereocenters. The third-order valence-corrected chi connectivity index (χ3v) is 2.88. The highest BCUT2D eigenvalue weighted by Gasteiger charge is 2.20. The van der Waals surface area contributed by atoms with Gasteiger partial charge in [-0.3, -0.25) is 4.79 Å². The lowest BCUT2D eigenvalue weighted by Gasteiger charge is -2.02. The number of hydrogen-bond acceptors (Lipinski definition) is 2. The Morgan fingerprint density at radius 2 is 2.12 bits per heavy atom. The second kappa shape index (κ2) is 4.22. The maximum Gasteiger partial charge on any atom is 0.232 e. The maximum atomic E-state index is 13.7. The summed E-state index contributed by atoms with van der Waals surface area (Å²) in [6, 6.07) is 6.30. The summed E-state index contributed by atoms with van der Waals surface area (Å²) in [5.74, 6) is -0.849. The quantitative estimate of drug-likeness (QED) is 0.786. The van der Waals surface area contributed by atoms with Crippen LogP contribution in [-0.2, 0) is 0 Å². The standard InChI is InChI=1S/C12H8BrFO2/c1-7-3-2-4-8(10(7)14)11(15)12-9(13)5-6-16-12/h2-6H,1H3. The average Bonchev–Trinajstić information content (AvgIpc) is 2.68. The van der Waals surface area contributed by atoms with Crippen molar-refractivity contribution in [3.05, 3.63) is 57.7 Å². The number of halogens is 2. The molecular formula is C12H8BrFO2. The summed E-state index contributed by atoms with van der Waals surface area (Å²) in [4.78, 5) is 11.9. The number of aryl methyl sites for hydroxylation is 1. The highest BCUT2D eigenvalue weighted by atomic mass is 79.9. The SMILES string of the molecule is Cc1cccc(C(=O)c2occc2Br)c1F. The van der Waals surface area contributed by atoms with Gasteiger partial charge in [0, 0.05) is 0 Å². The number of rotatable bonds is 2. The van der Waals surface area contributed by atoms with Gasteiger partial charge in [-0.25, -0.2) is 4.39 Å². The third kappa shape index (κ3) is 1.80. The molecule has 0 spiro atoms. The summed E-state index contributed by atoms with van der Waals surface area (Å²) < 4.78 is 19.2. The van der Waals surface area contributed by atoms with Crippen molar-refractivity contribution in [2.75, 3.05) is 0 Å². The largest absolute Gasteiger partial charge is 0.460 e. The molecule has 0 saturated heterocycles. The van der Waals surface area contributed by atoms with E-state index in [1.54, 1.807) is 25.1 Å². The Labute approximate surface area is 100 Å². The summed E-state index contributed by atoms with van der Waals surface area (Å²) in [6.45, 7) is 1.61. The van der Waals surface area contributed by atoms with Crippen molar-refractivity contribution in [1.82, 2.24) is 0 Å². The third-order valence-electron chi connectivity index (χ3n) is 2.26. The van der Waals surface area contributed by atoms with Crippen LogP contribution in [0.2, 0.25) is 0 Å². The summed E-state index contributed by atoms with van der Waals surface area (Å²) in [6.07, 6.45) is 1.38. The first-order chi connectivity index (χ1) is 7.61. The lowest BCUT2D eigenvalue weighted by atomic mass is 10.1. The molecule has 0 amide bonds. The molecule has 0 aliphatic heterocycles. The zero-order chi connectivity index (χ0) is 11.7. The molecule has 2 nitrogen and oxygen atoms in total. The van der Waals surface area contributed by atoms with Crippen LogP contribution in [-0.4, -0.2) is 5.78 Å². The van der Waals surface area contributed by atoms with E-state index >= 15 is 0 Å². The van der Waals surface area contributed by atoms with Crippen molar-refractivity contribution in [2.45, 2.75) is 6.92 Å². The van der Waals surface area contributed by atoms with Gasteiger partial charge in [0.15, 0.2) is 5.76 Å². The van der Waals surface area contributed by atoms with Crippen molar-refractivity contribution in [3.63, 3.8) is 0 Å². The lowest BCUT2D eigenvalue weighted by molar-refractivity contribution is 0.100. The van der Waals surface area contributed by atoms with Crippen molar-refractivity contribution in [3.8, 4) is 0 Å². The van der Waals surface area contributed by atoms with Crippen LogP contribution in [0.15, 0.2) is 39.4 Å². The summed E-state index contributed by atoms with van der Waals surface area (Å²) >= 11 is 3.17. The van der Waals surface area contributed by atoms with Crippen LogP contribution in [0.1, 0.15) is 21.7 Å². The lowest BCUT2D eigenvalue weighted by Crippen LogP contribution is -2.04. The summed E-state index contributed by atoms with van der Waals surface area (Å²) in [5, 5.41) is 0. The van der Waals surface area contributed by atoms with Gasteiger partial charge in [0.1, 0.15) is 5.82 Å². The fraction of sp³-hybridized carbons (Fsp3) is 0.0833. The minimum Gasteiger partial charge on any atom is -0.460 e. The molecule has 0 N–H and O–H groups in total. The number of hydrogen-bond donors (Lipinski definition) is 0. The highest BCUT2D eigenvalue weighted by Crippen LogP contribution is 2.23. The topological polar surface area (TPSA) is 30.2 Å². The van der Waals surface area contributed by atoms with Crippen LogP contribution in [0.4, 0.5) is 4.39 Å². The number of carbonyl (C=O) groups is 1. The first-order valence-corrected chi connectivity index (χ1v) is 5.43. The van der Waals surface area contributed by atoms with E-state index in [0.29, 0.717) is 10.0 Å². The number of ketones is 1.